The first kappa shape index (κ1) is 15.3. The van der Waals surface area contributed by atoms with Crippen molar-refractivity contribution in [3.8, 4) is 5.75 Å². The molecule has 0 heterocycles. The molecule has 0 amide bonds. The maximum absolute atomic E-state index is 9.49. The van der Waals surface area contributed by atoms with Gasteiger partial charge in [0.1, 0.15) is 12.4 Å². The summed E-state index contributed by atoms with van der Waals surface area (Å²) < 4.78 is 5.50. The maximum atomic E-state index is 9.49. The van der Waals surface area contributed by atoms with Crippen molar-refractivity contribution >= 4 is 5.84 Å². The van der Waals surface area contributed by atoms with Gasteiger partial charge in [0.25, 0.3) is 0 Å². The van der Waals surface area contributed by atoms with E-state index in [1.54, 1.807) is 38.1 Å². The molecule has 0 aromatic heterocycles. The zero-order valence-corrected chi connectivity index (χ0v) is 11.3. The molecular weight excluding hydrogens is 246 g/mol. The fourth-order valence-electron chi connectivity index (χ4n) is 1.41. The van der Waals surface area contributed by atoms with Gasteiger partial charge in [0.05, 0.1) is 5.60 Å². The van der Waals surface area contributed by atoms with E-state index in [-0.39, 0.29) is 5.84 Å². The first-order chi connectivity index (χ1) is 8.92. The van der Waals surface area contributed by atoms with E-state index >= 15 is 0 Å². The Bertz CT molecular complexity index is 410. The van der Waals surface area contributed by atoms with Crippen LogP contribution in [0.4, 0.5) is 0 Å². The Morgan fingerprint density at radius 3 is 2.53 bits per heavy atom. The Kier molecular flexibility index (Phi) is 5.59. The van der Waals surface area contributed by atoms with Crippen LogP contribution in [-0.2, 0) is 0 Å². The number of nitrogens with two attached hydrogens (primary N) is 1. The molecule has 0 fully saturated rings. The molecule has 0 spiro atoms. The van der Waals surface area contributed by atoms with Crippen molar-refractivity contribution in [2.75, 3.05) is 19.7 Å². The summed E-state index contributed by atoms with van der Waals surface area (Å²) in [5.41, 5.74) is 5.37. The van der Waals surface area contributed by atoms with E-state index in [0.29, 0.717) is 31.0 Å². The van der Waals surface area contributed by atoms with Gasteiger partial charge in [0.15, 0.2) is 5.84 Å². The summed E-state index contributed by atoms with van der Waals surface area (Å²) in [5, 5.41) is 24.0. The SMILES string of the molecule is CC(C)(O)CNCCOc1ccc(C(N)=NO)cc1. The smallest absolute Gasteiger partial charge is 0.170 e. The second-order valence-electron chi connectivity index (χ2n) is 4.85. The maximum Gasteiger partial charge on any atom is 0.170 e. The monoisotopic (exact) mass is 267 g/mol. The number of hydrogen-bond donors (Lipinski definition) is 4. The highest BCUT2D eigenvalue weighted by molar-refractivity contribution is 5.97. The van der Waals surface area contributed by atoms with Crippen molar-refractivity contribution < 1.29 is 15.1 Å². The molecule has 6 nitrogen and oxygen atoms in total. The van der Waals surface area contributed by atoms with Crippen molar-refractivity contribution in [2.45, 2.75) is 19.4 Å². The fraction of sp³-hybridized carbons (Fsp3) is 0.462. The molecule has 0 unspecified atom stereocenters. The van der Waals surface area contributed by atoms with Crippen LogP contribution in [0.3, 0.4) is 0 Å². The van der Waals surface area contributed by atoms with Gasteiger partial charge >= 0.3 is 0 Å². The number of ether oxygens (including phenoxy) is 1. The van der Waals surface area contributed by atoms with Gasteiger partial charge in [0, 0.05) is 18.7 Å². The molecule has 1 aromatic carbocycles. The van der Waals surface area contributed by atoms with Crippen LogP contribution in [0.1, 0.15) is 19.4 Å². The van der Waals surface area contributed by atoms with Gasteiger partial charge in [-0.1, -0.05) is 5.16 Å². The van der Waals surface area contributed by atoms with Crippen molar-refractivity contribution in [2.24, 2.45) is 10.9 Å². The molecule has 5 N–H and O–H groups in total. The minimum absolute atomic E-state index is 0.0680. The molecule has 0 saturated carbocycles. The summed E-state index contributed by atoms with van der Waals surface area (Å²) in [4.78, 5) is 0. The number of rotatable bonds is 7. The normalized spacial score (nSPS) is 12.5. The van der Waals surface area contributed by atoms with Gasteiger partial charge in [-0.25, -0.2) is 0 Å². The van der Waals surface area contributed by atoms with Gasteiger partial charge in [-0.05, 0) is 38.1 Å². The highest BCUT2D eigenvalue weighted by Gasteiger charge is 2.10. The minimum atomic E-state index is -0.719. The Morgan fingerprint density at radius 2 is 2.00 bits per heavy atom. The number of aliphatic hydroxyl groups is 1. The van der Waals surface area contributed by atoms with Crippen molar-refractivity contribution in [3.63, 3.8) is 0 Å². The number of benzene rings is 1. The quantitative estimate of drug-likeness (QED) is 0.190. The summed E-state index contributed by atoms with van der Waals surface area (Å²) in [5.74, 6) is 0.776. The second kappa shape index (κ2) is 6.96. The van der Waals surface area contributed by atoms with E-state index in [4.69, 9.17) is 15.7 Å². The van der Waals surface area contributed by atoms with Gasteiger partial charge in [-0.3, -0.25) is 0 Å². The average molecular weight is 267 g/mol. The van der Waals surface area contributed by atoms with Crippen molar-refractivity contribution in [3.05, 3.63) is 29.8 Å². The first-order valence-electron chi connectivity index (χ1n) is 6.06. The molecule has 0 radical (unpaired) electrons. The third-order valence-electron chi connectivity index (χ3n) is 2.36. The minimum Gasteiger partial charge on any atom is -0.492 e. The van der Waals surface area contributed by atoms with Crippen LogP contribution in [0.15, 0.2) is 29.4 Å². The molecule has 0 aliphatic rings. The Labute approximate surface area is 112 Å². The molecule has 6 heteroatoms. The molecular formula is C13H21N3O3. The lowest BCUT2D eigenvalue weighted by atomic mass is 10.1. The average Bonchev–Trinajstić information content (AvgIpc) is 2.37. The number of nitrogens with zero attached hydrogens (tertiary/aromatic N) is 1. The summed E-state index contributed by atoms with van der Waals surface area (Å²) in [6, 6.07) is 6.94. The Hall–Kier alpha value is -1.79. The summed E-state index contributed by atoms with van der Waals surface area (Å²) in [7, 11) is 0. The lowest BCUT2D eigenvalue weighted by Gasteiger charge is -2.17. The number of hydrogen-bond acceptors (Lipinski definition) is 5. The zero-order valence-electron chi connectivity index (χ0n) is 11.3. The largest absolute Gasteiger partial charge is 0.492 e. The van der Waals surface area contributed by atoms with Gasteiger partial charge in [0.2, 0.25) is 0 Å². The highest BCUT2D eigenvalue weighted by atomic mass is 16.5. The van der Waals surface area contributed by atoms with E-state index < -0.39 is 5.60 Å². The third kappa shape index (κ3) is 6.08. The Balaban J connectivity index is 2.31. The predicted octanol–water partition coefficient (Wildman–Crippen LogP) is 0.520. The van der Waals surface area contributed by atoms with Crippen LogP contribution in [0.25, 0.3) is 0 Å². The third-order valence-corrected chi connectivity index (χ3v) is 2.36. The van der Waals surface area contributed by atoms with E-state index in [1.807, 2.05) is 0 Å². The number of oxime groups is 1. The van der Waals surface area contributed by atoms with E-state index in [9.17, 15) is 5.11 Å². The number of nitrogens with one attached hydrogen (secondary N) is 1. The van der Waals surface area contributed by atoms with E-state index in [1.165, 1.54) is 0 Å². The molecule has 0 aliphatic heterocycles. The molecule has 0 bridgehead atoms. The summed E-state index contributed by atoms with van der Waals surface area (Å²) >= 11 is 0. The van der Waals surface area contributed by atoms with Crippen LogP contribution in [0.2, 0.25) is 0 Å². The lowest BCUT2D eigenvalue weighted by molar-refractivity contribution is 0.0789. The summed E-state index contributed by atoms with van der Waals surface area (Å²) in [6.45, 7) is 5.14. The zero-order chi connectivity index (χ0) is 14.3. The van der Waals surface area contributed by atoms with Gasteiger partial charge < -0.3 is 26.1 Å². The molecule has 1 aromatic rings. The van der Waals surface area contributed by atoms with Gasteiger partial charge in [-0.15, -0.1) is 0 Å². The van der Waals surface area contributed by atoms with E-state index in [0.717, 1.165) is 0 Å². The summed E-state index contributed by atoms with van der Waals surface area (Å²) in [6.07, 6.45) is 0. The van der Waals surface area contributed by atoms with Crippen molar-refractivity contribution in [1.29, 1.82) is 0 Å². The topological polar surface area (TPSA) is 100 Å². The van der Waals surface area contributed by atoms with Crippen LogP contribution in [0, 0.1) is 0 Å². The molecule has 106 valence electrons. The van der Waals surface area contributed by atoms with Crippen LogP contribution in [0.5, 0.6) is 5.75 Å². The van der Waals surface area contributed by atoms with Crippen molar-refractivity contribution in [1.82, 2.24) is 5.32 Å². The molecule has 19 heavy (non-hydrogen) atoms. The van der Waals surface area contributed by atoms with Crippen LogP contribution >= 0.6 is 0 Å². The fourth-order valence-corrected chi connectivity index (χ4v) is 1.41. The van der Waals surface area contributed by atoms with E-state index in [2.05, 4.69) is 10.5 Å². The van der Waals surface area contributed by atoms with Crippen LogP contribution in [-0.4, -0.2) is 41.4 Å². The lowest BCUT2D eigenvalue weighted by Crippen LogP contribution is -2.36. The molecule has 0 aliphatic carbocycles. The first-order valence-corrected chi connectivity index (χ1v) is 6.06. The van der Waals surface area contributed by atoms with Gasteiger partial charge in [-0.2, -0.15) is 0 Å². The second-order valence-corrected chi connectivity index (χ2v) is 4.85. The van der Waals surface area contributed by atoms with Crippen LogP contribution < -0.4 is 15.8 Å². The predicted molar refractivity (Wildman–Crippen MR) is 73.6 cm³/mol. The standard InChI is InChI=1S/C13H21N3O3/c1-13(2,17)9-15-7-8-19-11-5-3-10(4-6-11)12(14)16-18/h3-6,15,17-18H,7-9H2,1-2H3,(H2,14,16). The highest BCUT2D eigenvalue weighted by Crippen LogP contribution is 2.11. The molecule has 1 rings (SSSR count). The Morgan fingerprint density at radius 1 is 1.37 bits per heavy atom. The molecule has 0 saturated heterocycles. The molecule has 0 atom stereocenters. The number of amidine groups is 1.